The number of aliphatic carboxylic acids is 1. The second kappa shape index (κ2) is 7.88. The second-order valence-corrected chi connectivity index (χ2v) is 4.64. The van der Waals surface area contributed by atoms with Crippen LogP contribution in [0.25, 0.3) is 0 Å². The van der Waals surface area contributed by atoms with Crippen molar-refractivity contribution in [3.05, 3.63) is 35.9 Å². The number of ether oxygens (including phenoxy) is 1. The van der Waals surface area contributed by atoms with Gasteiger partial charge in [-0.15, -0.1) is 0 Å². The van der Waals surface area contributed by atoms with Gasteiger partial charge in [-0.05, 0) is 12.0 Å². The predicted octanol–water partition coefficient (Wildman–Crippen LogP) is 0.877. The van der Waals surface area contributed by atoms with Crippen LogP contribution in [-0.2, 0) is 20.9 Å². The van der Waals surface area contributed by atoms with Crippen molar-refractivity contribution in [1.82, 2.24) is 5.32 Å². The van der Waals surface area contributed by atoms with Crippen LogP contribution in [0, 0.1) is 5.92 Å². The van der Waals surface area contributed by atoms with Crippen molar-refractivity contribution in [2.75, 3.05) is 0 Å². The first kappa shape index (κ1) is 16.5. The molecule has 21 heavy (non-hydrogen) atoms. The number of nitrogens with one attached hydrogen (secondary N) is 1. The first-order chi connectivity index (χ1) is 9.90. The first-order valence-electron chi connectivity index (χ1n) is 6.39. The number of carbonyl (C=O) groups is 3. The molecular formula is C14H18N2O5. The quantitative estimate of drug-likeness (QED) is 0.689. The molecular weight excluding hydrogens is 276 g/mol. The topological polar surface area (TPSA) is 119 Å². The fourth-order valence-electron chi connectivity index (χ4n) is 1.61. The molecule has 2 atom stereocenters. The molecule has 0 aromatic heterocycles. The minimum absolute atomic E-state index is 0.0483. The lowest BCUT2D eigenvalue weighted by Crippen LogP contribution is -2.46. The highest BCUT2D eigenvalue weighted by atomic mass is 16.5. The lowest BCUT2D eigenvalue weighted by atomic mass is 10.0. The number of carbonyl (C=O) groups excluding carboxylic acids is 2. The molecule has 0 saturated carbocycles. The summed E-state index contributed by atoms with van der Waals surface area (Å²) in [6.07, 6.45) is -0.911. The molecule has 0 heterocycles. The van der Waals surface area contributed by atoms with Crippen LogP contribution in [0.4, 0.5) is 4.79 Å². The summed E-state index contributed by atoms with van der Waals surface area (Å²) >= 11 is 0. The Bertz CT molecular complexity index is 503. The predicted molar refractivity (Wildman–Crippen MR) is 74.2 cm³/mol. The van der Waals surface area contributed by atoms with E-state index in [-0.39, 0.29) is 13.0 Å². The minimum atomic E-state index is -1.08. The third-order valence-electron chi connectivity index (χ3n) is 2.86. The molecule has 0 fully saturated rings. The van der Waals surface area contributed by atoms with E-state index in [1.165, 1.54) is 6.92 Å². The lowest BCUT2D eigenvalue weighted by Gasteiger charge is -2.17. The summed E-state index contributed by atoms with van der Waals surface area (Å²) in [6.45, 7) is 1.47. The highest BCUT2D eigenvalue weighted by molar-refractivity contribution is 5.85. The van der Waals surface area contributed by atoms with Gasteiger partial charge in [0.2, 0.25) is 5.91 Å². The van der Waals surface area contributed by atoms with E-state index in [1.807, 2.05) is 6.07 Å². The summed E-state index contributed by atoms with van der Waals surface area (Å²) in [5.74, 6) is -2.68. The third kappa shape index (κ3) is 5.94. The van der Waals surface area contributed by atoms with E-state index in [0.717, 1.165) is 5.56 Å². The summed E-state index contributed by atoms with van der Waals surface area (Å²) in [5.41, 5.74) is 5.93. The van der Waals surface area contributed by atoms with Crippen LogP contribution < -0.4 is 11.1 Å². The first-order valence-corrected chi connectivity index (χ1v) is 6.39. The number of rotatable bonds is 7. The van der Waals surface area contributed by atoms with Gasteiger partial charge in [-0.3, -0.25) is 9.59 Å². The van der Waals surface area contributed by atoms with Gasteiger partial charge in [-0.2, -0.15) is 0 Å². The molecule has 7 nitrogen and oxygen atoms in total. The SMILES string of the molecule is CC(C[C@H](NC(=O)OCc1ccccc1)C(N)=O)C(=O)O. The fraction of sp³-hybridized carbons (Fsp3) is 0.357. The maximum atomic E-state index is 11.6. The molecule has 1 aromatic rings. The van der Waals surface area contributed by atoms with Gasteiger partial charge in [0.25, 0.3) is 0 Å². The van der Waals surface area contributed by atoms with E-state index < -0.39 is 29.9 Å². The maximum absolute atomic E-state index is 11.6. The van der Waals surface area contributed by atoms with Gasteiger partial charge in [0.15, 0.2) is 0 Å². The summed E-state index contributed by atoms with van der Waals surface area (Å²) < 4.78 is 4.95. The average Bonchev–Trinajstić information content (AvgIpc) is 2.45. The Hall–Kier alpha value is -2.57. The van der Waals surface area contributed by atoms with E-state index in [2.05, 4.69) is 5.32 Å². The van der Waals surface area contributed by atoms with E-state index in [1.54, 1.807) is 24.3 Å². The molecule has 0 aliphatic rings. The van der Waals surface area contributed by atoms with Crippen molar-refractivity contribution < 1.29 is 24.2 Å². The van der Waals surface area contributed by atoms with Crippen molar-refractivity contribution in [2.24, 2.45) is 11.7 Å². The molecule has 0 spiro atoms. The van der Waals surface area contributed by atoms with Crippen LogP contribution in [-0.4, -0.2) is 29.1 Å². The number of hydrogen-bond donors (Lipinski definition) is 3. The largest absolute Gasteiger partial charge is 0.481 e. The van der Waals surface area contributed by atoms with Gasteiger partial charge in [-0.1, -0.05) is 37.3 Å². The number of amides is 2. The van der Waals surface area contributed by atoms with E-state index in [9.17, 15) is 14.4 Å². The third-order valence-corrected chi connectivity index (χ3v) is 2.86. The normalized spacial score (nSPS) is 13.0. The number of primary amides is 1. The van der Waals surface area contributed by atoms with Gasteiger partial charge < -0.3 is 20.9 Å². The molecule has 4 N–H and O–H groups in total. The maximum Gasteiger partial charge on any atom is 0.408 e. The fourth-order valence-corrected chi connectivity index (χ4v) is 1.61. The highest BCUT2D eigenvalue weighted by Crippen LogP contribution is 2.07. The molecule has 0 saturated heterocycles. The van der Waals surface area contributed by atoms with Crippen LogP contribution in [0.3, 0.4) is 0 Å². The molecule has 0 bridgehead atoms. The molecule has 0 aliphatic heterocycles. The van der Waals surface area contributed by atoms with Crippen LogP contribution >= 0.6 is 0 Å². The Balaban J connectivity index is 2.49. The second-order valence-electron chi connectivity index (χ2n) is 4.64. The Morgan fingerprint density at radius 3 is 2.43 bits per heavy atom. The standard InChI is InChI=1S/C14H18N2O5/c1-9(13(18)19)7-11(12(15)17)16-14(20)21-8-10-5-3-2-4-6-10/h2-6,9,11H,7-8H2,1H3,(H2,15,17)(H,16,20)(H,18,19)/t9?,11-/m0/s1. The monoisotopic (exact) mass is 294 g/mol. The Labute approximate surface area is 122 Å². The molecule has 2 amide bonds. The molecule has 7 heteroatoms. The summed E-state index contributed by atoms with van der Waals surface area (Å²) in [7, 11) is 0. The van der Waals surface area contributed by atoms with Crippen molar-refractivity contribution >= 4 is 18.0 Å². The van der Waals surface area contributed by atoms with Crippen molar-refractivity contribution in [3.63, 3.8) is 0 Å². The summed E-state index contributed by atoms with van der Waals surface area (Å²) in [5, 5.41) is 11.1. The van der Waals surface area contributed by atoms with E-state index >= 15 is 0 Å². The summed E-state index contributed by atoms with van der Waals surface area (Å²) in [4.78, 5) is 33.6. The van der Waals surface area contributed by atoms with Crippen molar-refractivity contribution in [3.8, 4) is 0 Å². The average molecular weight is 294 g/mol. The molecule has 1 rings (SSSR count). The van der Waals surface area contributed by atoms with Crippen molar-refractivity contribution in [2.45, 2.75) is 26.0 Å². The zero-order valence-corrected chi connectivity index (χ0v) is 11.6. The van der Waals surface area contributed by atoms with Gasteiger partial charge in [-0.25, -0.2) is 4.79 Å². The van der Waals surface area contributed by atoms with Gasteiger partial charge in [0.05, 0.1) is 5.92 Å². The van der Waals surface area contributed by atoms with Gasteiger partial charge >= 0.3 is 12.1 Å². The van der Waals surface area contributed by atoms with Crippen LogP contribution in [0.5, 0.6) is 0 Å². The van der Waals surface area contributed by atoms with Gasteiger partial charge in [0.1, 0.15) is 12.6 Å². The number of carboxylic acid groups (broad SMARTS) is 1. The summed E-state index contributed by atoms with van der Waals surface area (Å²) in [6, 6.07) is 7.92. The molecule has 1 unspecified atom stereocenters. The smallest absolute Gasteiger partial charge is 0.408 e. The number of hydrogen-bond acceptors (Lipinski definition) is 4. The number of carboxylic acids is 1. The number of alkyl carbamates (subject to hydrolysis) is 1. The molecule has 0 radical (unpaired) electrons. The number of benzene rings is 1. The van der Waals surface area contributed by atoms with E-state index in [4.69, 9.17) is 15.6 Å². The Morgan fingerprint density at radius 2 is 1.90 bits per heavy atom. The Kier molecular flexibility index (Phi) is 6.19. The lowest BCUT2D eigenvalue weighted by molar-refractivity contribution is -0.141. The van der Waals surface area contributed by atoms with Crippen LogP contribution in [0.1, 0.15) is 18.9 Å². The highest BCUT2D eigenvalue weighted by Gasteiger charge is 2.24. The van der Waals surface area contributed by atoms with Gasteiger partial charge in [0, 0.05) is 0 Å². The van der Waals surface area contributed by atoms with E-state index in [0.29, 0.717) is 0 Å². The Morgan fingerprint density at radius 1 is 1.29 bits per heavy atom. The van der Waals surface area contributed by atoms with Crippen molar-refractivity contribution in [1.29, 1.82) is 0 Å². The van der Waals surface area contributed by atoms with Crippen LogP contribution in [0.2, 0.25) is 0 Å². The molecule has 1 aromatic carbocycles. The minimum Gasteiger partial charge on any atom is -0.481 e. The van der Waals surface area contributed by atoms with Crippen LogP contribution in [0.15, 0.2) is 30.3 Å². The molecule has 0 aliphatic carbocycles. The number of nitrogens with two attached hydrogens (primary N) is 1. The zero-order chi connectivity index (χ0) is 15.8. The molecule has 114 valence electrons. The zero-order valence-electron chi connectivity index (χ0n) is 11.6.